The lowest BCUT2D eigenvalue weighted by Gasteiger charge is -2.32. The largest absolute Gasteiger partial charge is 0.444 e. The van der Waals surface area contributed by atoms with Crippen molar-refractivity contribution in [1.29, 1.82) is 0 Å². The minimum atomic E-state index is -0.623. The lowest BCUT2D eigenvalue weighted by atomic mass is 9.94. The molecule has 3 N–H and O–H groups in total. The summed E-state index contributed by atoms with van der Waals surface area (Å²) in [5.74, 6) is -1.06. The molecule has 2 aliphatic rings. The van der Waals surface area contributed by atoms with Crippen LogP contribution in [0.25, 0.3) is 0 Å². The van der Waals surface area contributed by atoms with Crippen LogP contribution in [0.3, 0.4) is 0 Å². The molecular weight excluding hydrogens is 508 g/mol. The van der Waals surface area contributed by atoms with Crippen molar-refractivity contribution < 1.29 is 23.9 Å². The standard InChI is InChI=1S/C31H46N4O5/c1-21(2)19-24(33-30(39)40-31(3,4)5)16-15-23(20-22-11-7-6-8-12-22)28(37)35-18-10-14-26(35)29(38)34-17-9-13-25(34)27(32)36/h6-8,11-12,15-16,21,23-26H,9-10,13-14,17-20H2,1-5H3,(H2,32,36)(H,33,39)/b16-15+/t23-,24-,25+,26+/m1/s1. The number of hydrogen-bond acceptors (Lipinski definition) is 5. The Morgan fingerprint density at radius 2 is 1.62 bits per heavy atom. The van der Waals surface area contributed by atoms with E-state index in [-0.39, 0.29) is 17.9 Å². The number of carbonyl (C=O) groups excluding carboxylic acids is 4. The first-order valence-electron chi connectivity index (χ1n) is 14.5. The van der Waals surface area contributed by atoms with Gasteiger partial charge in [0.15, 0.2) is 0 Å². The van der Waals surface area contributed by atoms with Gasteiger partial charge in [-0.05, 0) is 70.8 Å². The first-order chi connectivity index (χ1) is 18.9. The second-order valence-corrected chi connectivity index (χ2v) is 12.3. The van der Waals surface area contributed by atoms with E-state index in [0.717, 1.165) is 18.4 Å². The van der Waals surface area contributed by atoms with Crippen LogP contribution in [0.15, 0.2) is 42.5 Å². The lowest BCUT2D eigenvalue weighted by molar-refractivity contribution is -0.147. The zero-order valence-corrected chi connectivity index (χ0v) is 24.6. The normalized spacial score (nSPS) is 21.1. The number of nitrogens with two attached hydrogens (primary N) is 1. The zero-order valence-electron chi connectivity index (χ0n) is 24.6. The molecule has 3 rings (SSSR count). The first kappa shape index (κ1) is 31.2. The SMILES string of the molecule is CC(C)C[C@@H](/C=C/[C@H](Cc1ccccc1)C(=O)N1CCC[C@H]1C(=O)N1CCC[C@H]1C(N)=O)NC(=O)OC(C)(C)C. The van der Waals surface area contributed by atoms with Gasteiger partial charge in [0.1, 0.15) is 17.7 Å². The van der Waals surface area contributed by atoms with Gasteiger partial charge in [-0.3, -0.25) is 14.4 Å². The van der Waals surface area contributed by atoms with Gasteiger partial charge in [-0.2, -0.15) is 0 Å². The van der Waals surface area contributed by atoms with Gasteiger partial charge in [-0.25, -0.2) is 4.79 Å². The Morgan fingerprint density at radius 1 is 1.00 bits per heavy atom. The average molecular weight is 555 g/mol. The summed E-state index contributed by atoms with van der Waals surface area (Å²) in [6, 6.07) is 8.22. The number of alkyl carbamates (subject to hydrolysis) is 1. The van der Waals surface area contributed by atoms with Crippen molar-refractivity contribution in [3.05, 3.63) is 48.0 Å². The Morgan fingerprint density at radius 3 is 2.23 bits per heavy atom. The number of ether oxygens (including phenoxy) is 1. The monoisotopic (exact) mass is 554 g/mol. The topological polar surface area (TPSA) is 122 Å². The van der Waals surface area contributed by atoms with Gasteiger partial charge in [0.25, 0.3) is 0 Å². The van der Waals surface area contributed by atoms with Gasteiger partial charge in [0, 0.05) is 13.1 Å². The van der Waals surface area contributed by atoms with Crippen molar-refractivity contribution in [2.24, 2.45) is 17.6 Å². The Hall–Kier alpha value is -3.36. The molecule has 4 atom stereocenters. The predicted molar refractivity (Wildman–Crippen MR) is 154 cm³/mol. The fourth-order valence-electron chi connectivity index (χ4n) is 5.54. The van der Waals surface area contributed by atoms with Crippen LogP contribution in [0.4, 0.5) is 4.79 Å². The minimum absolute atomic E-state index is 0.133. The van der Waals surface area contributed by atoms with Crippen LogP contribution in [-0.4, -0.2) is 70.4 Å². The predicted octanol–water partition coefficient (Wildman–Crippen LogP) is 3.81. The maximum atomic E-state index is 14.0. The molecule has 0 aliphatic carbocycles. The van der Waals surface area contributed by atoms with Crippen molar-refractivity contribution >= 4 is 23.8 Å². The van der Waals surface area contributed by atoms with Crippen LogP contribution in [0.1, 0.15) is 72.3 Å². The number of hydrogen-bond donors (Lipinski definition) is 2. The summed E-state index contributed by atoms with van der Waals surface area (Å²) in [5, 5.41) is 2.93. The maximum Gasteiger partial charge on any atom is 0.408 e. The molecule has 2 heterocycles. The van der Waals surface area contributed by atoms with Crippen LogP contribution in [-0.2, 0) is 25.5 Å². The number of amides is 4. The highest BCUT2D eigenvalue weighted by molar-refractivity contribution is 5.93. The van der Waals surface area contributed by atoms with Gasteiger partial charge >= 0.3 is 6.09 Å². The maximum absolute atomic E-state index is 14.0. The molecule has 0 spiro atoms. The van der Waals surface area contributed by atoms with E-state index >= 15 is 0 Å². The molecule has 0 radical (unpaired) electrons. The number of carbonyl (C=O) groups is 4. The molecule has 4 amide bonds. The summed E-state index contributed by atoms with van der Waals surface area (Å²) in [6.45, 7) is 10.5. The summed E-state index contributed by atoms with van der Waals surface area (Å²) >= 11 is 0. The van der Waals surface area contributed by atoms with E-state index in [2.05, 4.69) is 19.2 Å². The quantitative estimate of drug-likeness (QED) is 0.426. The van der Waals surface area contributed by atoms with Crippen molar-refractivity contribution in [3.8, 4) is 0 Å². The molecular formula is C31H46N4O5. The van der Waals surface area contributed by atoms with E-state index < -0.39 is 35.6 Å². The number of rotatable bonds is 10. The lowest BCUT2D eigenvalue weighted by Crippen LogP contribution is -2.53. The zero-order chi connectivity index (χ0) is 29.4. The second-order valence-electron chi connectivity index (χ2n) is 12.3. The Balaban J connectivity index is 1.83. The van der Waals surface area contributed by atoms with E-state index in [1.165, 1.54) is 0 Å². The number of primary amides is 1. The third-order valence-electron chi connectivity index (χ3n) is 7.30. The van der Waals surface area contributed by atoms with Crippen LogP contribution < -0.4 is 11.1 Å². The third-order valence-corrected chi connectivity index (χ3v) is 7.30. The van der Waals surface area contributed by atoms with Crippen molar-refractivity contribution in [2.45, 2.75) is 96.9 Å². The highest BCUT2D eigenvalue weighted by Crippen LogP contribution is 2.27. The fourth-order valence-corrected chi connectivity index (χ4v) is 5.54. The Kier molecular flexibility index (Phi) is 10.8. The number of nitrogens with one attached hydrogen (secondary N) is 1. The highest BCUT2D eigenvalue weighted by atomic mass is 16.6. The molecule has 0 unspecified atom stereocenters. The minimum Gasteiger partial charge on any atom is -0.444 e. The second kappa shape index (κ2) is 13.8. The summed E-state index contributed by atoms with van der Waals surface area (Å²) in [4.78, 5) is 55.3. The van der Waals surface area contributed by atoms with Gasteiger partial charge in [0.05, 0.1) is 12.0 Å². The Bertz CT molecular complexity index is 1070. The van der Waals surface area contributed by atoms with Crippen LogP contribution in [0, 0.1) is 11.8 Å². The van der Waals surface area contributed by atoms with Gasteiger partial charge in [0.2, 0.25) is 17.7 Å². The molecule has 2 fully saturated rings. The van der Waals surface area contributed by atoms with Gasteiger partial charge < -0.3 is 25.6 Å². The van der Waals surface area contributed by atoms with E-state index in [4.69, 9.17) is 10.5 Å². The van der Waals surface area contributed by atoms with Crippen molar-refractivity contribution in [2.75, 3.05) is 13.1 Å². The molecule has 0 bridgehead atoms. The molecule has 2 aliphatic heterocycles. The van der Waals surface area contributed by atoms with Crippen LogP contribution in [0.5, 0.6) is 0 Å². The van der Waals surface area contributed by atoms with E-state index in [1.54, 1.807) is 9.80 Å². The van der Waals surface area contributed by atoms with Gasteiger partial charge in [-0.15, -0.1) is 0 Å². The molecule has 1 aromatic carbocycles. The van der Waals surface area contributed by atoms with E-state index in [1.807, 2.05) is 63.3 Å². The summed E-state index contributed by atoms with van der Waals surface area (Å²) < 4.78 is 5.46. The fraction of sp³-hybridized carbons (Fsp3) is 0.613. The van der Waals surface area contributed by atoms with Crippen LogP contribution in [0.2, 0.25) is 0 Å². The van der Waals surface area contributed by atoms with Crippen LogP contribution >= 0.6 is 0 Å². The summed E-state index contributed by atoms with van der Waals surface area (Å²) in [6.07, 6.45) is 6.93. The molecule has 2 saturated heterocycles. The highest BCUT2D eigenvalue weighted by Gasteiger charge is 2.42. The number of nitrogens with zero attached hydrogens (tertiary/aromatic N) is 2. The number of benzene rings is 1. The summed E-state index contributed by atoms with van der Waals surface area (Å²) in [7, 11) is 0. The van der Waals surface area contributed by atoms with Crippen molar-refractivity contribution in [1.82, 2.24) is 15.1 Å². The summed E-state index contributed by atoms with van der Waals surface area (Å²) in [5.41, 5.74) is 5.94. The third kappa shape index (κ3) is 8.83. The molecule has 40 heavy (non-hydrogen) atoms. The van der Waals surface area contributed by atoms with E-state index in [0.29, 0.717) is 44.7 Å². The average Bonchev–Trinajstić information content (AvgIpc) is 3.55. The van der Waals surface area contributed by atoms with E-state index in [9.17, 15) is 19.2 Å². The smallest absolute Gasteiger partial charge is 0.408 e. The molecule has 220 valence electrons. The number of likely N-dealkylation sites (tertiary alicyclic amines) is 2. The Labute approximate surface area is 238 Å². The van der Waals surface area contributed by atoms with Gasteiger partial charge in [-0.1, -0.05) is 56.3 Å². The first-order valence-corrected chi connectivity index (χ1v) is 14.5. The molecule has 0 aromatic heterocycles. The molecule has 9 nitrogen and oxygen atoms in total. The molecule has 0 saturated carbocycles. The van der Waals surface area contributed by atoms with Crippen molar-refractivity contribution in [3.63, 3.8) is 0 Å². The molecule has 9 heteroatoms. The molecule has 1 aromatic rings.